The van der Waals surface area contributed by atoms with E-state index < -0.39 is 9.84 Å². The maximum absolute atomic E-state index is 11.7. The molecule has 3 N–H and O–H groups in total. The molecule has 6 nitrogen and oxygen atoms in total. The first-order valence-electron chi connectivity index (χ1n) is 6.38. The molecule has 8 heteroatoms. The van der Waals surface area contributed by atoms with Gasteiger partial charge in [-0.25, -0.2) is 8.42 Å². The van der Waals surface area contributed by atoms with E-state index in [0.717, 1.165) is 0 Å². The normalized spacial score (nSPS) is 11.3. The molecule has 0 fully saturated rings. The summed E-state index contributed by atoms with van der Waals surface area (Å²) in [5, 5.41) is 3.06. The quantitative estimate of drug-likeness (QED) is 0.705. The van der Waals surface area contributed by atoms with E-state index in [4.69, 9.17) is 22.1 Å². The average molecular weight is 335 g/mol. The number of nitrogen functional groups attached to an aromatic ring is 1. The van der Waals surface area contributed by atoms with Crippen LogP contribution in [0.4, 0.5) is 11.4 Å². The Kier molecular flexibility index (Phi) is 6.94. The van der Waals surface area contributed by atoms with Crippen LogP contribution < -0.4 is 11.1 Å². The van der Waals surface area contributed by atoms with Crippen molar-refractivity contribution in [2.45, 2.75) is 12.8 Å². The van der Waals surface area contributed by atoms with Crippen molar-refractivity contribution in [1.29, 1.82) is 0 Å². The van der Waals surface area contributed by atoms with Gasteiger partial charge in [0, 0.05) is 19.2 Å². The maximum atomic E-state index is 11.7. The highest BCUT2D eigenvalue weighted by atomic mass is 35.5. The predicted octanol–water partition coefficient (Wildman–Crippen LogP) is 1.70. The van der Waals surface area contributed by atoms with Gasteiger partial charge < -0.3 is 15.8 Å². The third-order valence-electron chi connectivity index (χ3n) is 2.74. The SMILES string of the molecule is COCCS(=O)(=O)CCCC(=O)Nc1ccc(Cl)c(N)c1. The van der Waals surface area contributed by atoms with Crippen LogP contribution >= 0.6 is 11.6 Å². The van der Waals surface area contributed by atoms with E-state index in [-0.39, 0.29) is 36.9 Å². The lowest BCUT2D eigenvalue weighted by molar-refractivity contribution is -0.116. The minimum Gasteiger partial charge on any atom is -0.397 e. The van der Waals surface area contributed by atoms with E-state index in [1.54, 1.807) is 18.2 Å². The van der Waals surface area contributed by atoms with Crippen LogP contribution in [0.15, 0.2) is 18.2 Å². The van der Waals surface area contributed by atoms with Crippen LogP contribution in [0, 0.1) is 0 Å². The van der Waals surface area contributed by atoms with Crippen LogP contribution in [0.2, 0.25) is 5.02 Å². The zero-order chi connectivity index (χ0) is 15.9. The molecule has 0 heterocycles. The van der Waals surface area contributed by atoms with Crippen molar-refractivity contribution in [3.8, 4) is 0 Å². The number of hydrogen-bond donors (Lipinski definition) is 2. The fourth-order valence-electron chi connectivity index (χ4n) is 1.61. The van der Waals surface area contributed by atoms with E-state index in [9.17, 15) is 13.2 Å². The van der Waals surface area contributed by atoms with Gasteiger partial charge >= 0.3 is 0 Å². The average Bonchev–Trinajstić information content (AvgIpc) is 2.40. The molecule has 1 amide bonds. The van der Waals surface area contributed by atoms with E-state index in [0.29, 0.717) is 16.4 Å². The summed E-state index contributed by atoms with van der Waals surface area (Å²) in [6.07, 6.45) is 0.385. The van der Waals surface area contributed by atoms with Gasteiger partial charge in [0.1, 0.15) is 0 Å². The van der Waals surface area contributed by atoms with E-state index in [2.05, 4.69) is 5.32 Å². The Labute approximate surface area is 129 Å². The fourth-order valence-corrected chi connectivity index (χ4v) is 2.94. The van der Waals surface area contributed by atoms with Crippen molar-refractivity contribution in [3.63, 3.8) is 0 Å². The molecule has 21 heavy (non-hydrogen) atoms. The van der Waals surface area contributed by atoms with Crippen LogP contribution in [-0.4, -0.2) is 39.5 Å². The van der Waals surface area contributed by atoms with Gasteiger partial charge in [0.05, 0.1) is 28.8 Å². The van der Waals surface area contributed by atoms with Crippen molar-refractivity contribution in [2.75, 3.05) is 36.3 Å². The summed E-state index contributed by atoms with van der Waals surface area (Å²) in [5.41, 5.74) is 6.53. The smallest absolute Gasteiger partial charge is 0.224 e. The molecule has 0 aliphatic carbocycles. The van der Waals surface area contributed by atoms with Crippen molar-refractivity contribution in [3.05, 3.63) is 23.2 Å². The lowest BCUT2D eigenvalue weighted by atomic mass is 10.2. The number of hydrogen-bond acceptors (Lipinski definition) is 5. The molecule has 0 atom stereocenters. The van der Waals surface area contributed by atoms with Crippen LogP contribution in [0.1, 0.15) is 12.8 Å². The highest BCUT2D eigenvalue weighted by molar-refractivity contribution is 7.91. The lowest BCUT2D eigenvalue weighted by Crippen LogP contribution is -2.17. The summed E-state index contributed by atoms with van der Waals surface area (Å²) in [7, 11) is -1.72. The van der Waals surface area contributed by atoms with Gasteiger partial charge in [-0.2, -0.15) is 0 Å². The molecule has 0 saturated heterocycles. The number of ether oxygens (including phenoxy) is 1. The molecular formula is C13H19ClN2O4S. The number of nitrogens with two attached hydrogens (primary N) is 1. The van der Waals surface area contributed by atoms with E-state index in [1.165, 1.54) is 7.11 Å². The summed E-state index contributed by atoms with van der Waals surface area (Å²) in [4.78, 5) is 11.7. The van der Waals surface area contributed by atoms with Gasteiger partial charge in [-0.1, -0.05) is 11.6 Å². The minimum atomic E-state index is -3.17. The second kappa shape index (κ2) is 8.21. The number of halogens is 1. The standard InChI is InChI=1S/C13H19ClN2O4S/c1-20-6-8-21(18,19)7-2-3-13(17)16-10-4-5-11(14)12(15)9-10/h4-5,9H,2-3,6-8,15H2,1H3,(H,16,17). The zero-order valence-corrected chi connectivity index (χ0v) is 13.3. The minimum absolute atomic E-state index is 0.0289. The second-order valence-corrected chi connectivity index (χ2v) is 7.24. The van der Waals surface area contributed by atoms with Crippen LogP contribution in [0.5, 0.6) is 0 Å². The summed E-state index contributed by atoms with van der Waals surface area (Å²) in [6.45, 7) is 0.165. The number of carbonyl (C=O) groups is 1. The number of nitrogens with one attached hydrogen (secondary N) is 1. The van der Waals surface area contributed by atoms with Gasteiger partial charge in [-0.05, 0) is 24.6 Å². The third-order valence-corrected chi connectivity index (χ3v) is 4.78. The molecule has 1 aromatic rings. The number of amides is 1. The summed E-state index contributed by atoms with van der Waals surface area (Å²) < 4.78 is 27.9. The summed E-state index contributed by atoms with van der Waals surface area (Å²) in [6, 6.07) is 4.77. The van der Waals surface area contributed by atoms with Crippen LogP contribution in [-0.2, 0) is 19.4 Å². The molecule has 0 saturated carbocycles. The monoisotopic (exact) mass is 334 g/mol. The Bertz CT molecular complexity index is 590. The topological polar surface area (TPSA) is 98.5 Å². The summed E-state index contributed by atoms with van der Waals surface area (Å²) >= 11 is 5.78. The van der Waals surface area contributed by atoms with Crippen molar-refractivity contribution >= 4 is 38.7 Å². The number of rotatable bonds is 8. The number of anilines is 2. The van der Waals surface area contributed by atoms with Gasteiger partial charge in [0.2, 0.25) is 5.91 Å². The fraction of sp³-hybridized carbons (Fsp3) is 0.462. The molecule has 0 spiro atoms. The molecule has 0 aliphatic rings. The summed E-state index contributed by atoms with van der Waals surface area (Å²) in [5.74, 6) is -0.329. The molecule has 118 valence electrons. The Balaban J connectivity index is 2.39. The highest BCUT2D eigenvalue weighted by Gasteiger charge is 2.12. The molecular weight excluding hydrogens is 316 g/mol. The van der Waals surface area contributed by atoms with Gasteiger partial charge in [-0.15, -0.1) is 0 Å². The molecule has 0 aromatic heterocycles. The van der Waals surface area contributed by atoms with Crippen molar-refractivity contribution in [1.82, 2.24) is 0 Å². The first-order chi connectivity index (χ1) is 9.84. The number of sulfone groups is 1. The van der Waals surface area contributed by atoms with E-state index in [1.807, 2.05) is 0 Å². The number of methoxy groups -OCH3 is 1. The highest BCUT2D eigenvalue weighted by Crippen LogP contribution is 2.22. The Morgan fingerprint density at radius 3 is 2.71 bits per heavy atom. The lowest BCUT2D eigenvalue weighted by Gasteiger charge is -2.07. The van der Waals surface area contributed by atoms with Crippen LogP contribution in [0.3, 0.4) is 0 Å². The number of carbonyl (C=O) groups excluding carboxylic acids is 1. The van der Waals surface area contributed by atoms with Crippen molar-refractivity contribution in [2.24, 2.45) is 0 Å². The first-order valence-corrected chi connectivity index (χ1v) is 8.58. The number of benzene rings is 1. The van der Waals surface area contributed by atoms with Crippen molar-refractivity contribution < 1.29 is 17.9 Å². The van der Waals surface area contributed by atoms with Gasteiger partial charge in [-0.3, -0.25) is 4.79 Å². The zero-order valence-electron chi connectivity index (χ0n) is 11.8. The molecule has 0 radical (unpaired) electrons. The van der Waals surface area contributed by atoms with Gasteiger partial charge in [0.25, 0.3) is 0 Å². The Morgan fingerprint density at radius 2 is 2.10 bits per heavy atom. The maximum Gasteiger partial charge on any atom is 0.224 e. The largest absolute Gasteiger partial charge is 0.397 e. The third kappa shape index (κ3) is 6.79. The molecule has 1 rings (SSSR count). The van der Waals surface area contributed by atoms with E-state index >= 15 is 0 Å². The van der Waals surface area contributed by atoms with Gasteiger partial charge in [0.15, 0.2) is 9.84 Å². The Hall–Kier alpha value is -1.31. The Morgan fingerprint density at radius 1 is 1.38 bits per heavy atom. The molecule has 0 aliphatic heterocycles. The predicted molar refractivity (Wildman–Crippen MR) is 84.3 cm³/mol. The molecule has 0 unspecified atom stereocenters. The second-order valence-electron chi connectivity index (χ2n) is 4.53. The molecule has 1 aromatic carbocycles. The molecule has 0 bridgehead atoms. The first kappa shape index (κ1) is 17.7. The van der Waals surface area contributed by atoms with Crippen LogP contribution in [0.25, 0.3) is 0 Å².